The molecule has 2 unspecified atom stereocenters. The normalized spacial score (nSPS) is 27.4. The van der Waals surface area contributed by atoms with Crippen LogP contribution in [0.25, 0.3) is 0 Å². The van der Waals surface area contributed by atoms with E-state index < -0.39 is 0 Å². The van der Waals surface area contributed by atoms with Gasteiger partial charge in [0.05, 0.1) is 6.04 Å². The first-order valence-corrected chi connectivity index (χ1v) is 7.69. The van der Waals surface area contributed by atoms with E-state index in [2.05, 4.69) is 11.8 Å². The number of likely N-dealkylation sites (tertiary alicyclic amines) is 2. The van der Waals surface area contributed by atoms with Gasteiger partial charge in [-0.1, -0.05) is 6.92 Å². The molecule has 0 aromatic heterocycles. The molecule has 1 amide bonds. The Balaban J connectivity index is 1.93. The molecular formula is C15H26N2O2. The van der Waals surface area contributed by atoms with Crippen molar-refractivity contribution in [1.29, 1.82) is 0 Å². The molecule has 0 bridgehead atoms. The van der Waals surface area contributed by atoms with Crippen LogP contribution in [-0.2, 0) is 9.59 Å². The van der Waals surface area contributed by atoms with Crippen molar-refractivity contribution in [2.24, 2.45) is 5.92 Å². The Morgan fingerprint density at radius 2 is 1.95 bits per heavy atom. The van der Waals surface area contributed by atoms with Crippen LogP contribution in [0.15, 0.2) is 0 Å². The predicted octanol–water partition coefficient (Wildman–Crippen LogP) is 1.69. The summed E-state index contributed by atoms with van der Waals surface area (Å²) in [4.78, 5) is 28.4. The Hall–Kier alpha value is -0.900. The SMILES string of the molecule is CCC1CN(C(C)C(=O)N2CCCCC2)CCC1=O. The highest BCUT2D eigenvalue weighted by molar-refractivity contribution is 5.84. The van der Waals surface area contributed by atoms with Gasteiger partial charge in [0, 0.05) is 38.5 Å². The zero-order valence-corrected chi connectivity index (χ0v) is 12.2. The molecule has 0 aromatic carbocycles. The molecule has 2 saturated heterocycles. The van der Waals surface area contributed by atoms with Gasteiger partial charge in [-0.3, -0.25) is 14.5 Å². The van der Waals surface area contributed by atoms with Crippen molar-refractivity contribution in [3.05, 3.63) is 0 Å². The highest BCUT2D eigenvalue weighted by atomic mass is 16.2. The third-order valence-electron chi connectivity index (χ3n) is 4.62. The molecule has 2 rings (SSSR count). The summed E-state index contributed by atoms with van der Waals surface area (Å²) < 4.78 is 0. The minimum atomic E-state index is -0.0692. The van der Waals surface area contributed by atoms with E-state index in [1.165, 1.54) is 6.42 Å². The number of nitrogens with zero attached hydrogens (tertiary/aromatic N) is 2. The quantitative estimate of drug-likeness (QED) is 0.780. The predicted molar refractivity (Wildman–Crippen MR) is 74.9 cm³/mol. The number of hydrogen-bond donors (Lipinski definition) is 0. The molecule has 108 valence electrons. The largest absolute Gasteiger partial charge is 0.341 e. The first-order valence-electron chi connectivity index (χ1n) is 7.69. The zero-order chi connectivity index (χ0) is 13.8. The van der Waals surface area contributed by atoms with Crippen LogP contribution in [0, 0.1) is 5.92 Å². The first-order chi connectivity index (χ1) is 9.13. The summed E-state index contributed by atoms with van der Waals surface area (Å²) in [5.74, 6) is 0.755. The van der Waals surface area contributed by atoms with Crippen molar-refractivity contribution in [3.63, 3.8) is 0 Å². The number of carbonyl (C=O) groups is 2. The molecule has 0 spiro atoms. The Labute approximate surface area is 116 Å². The number of carbonyl (C=O) groups excluding carboxylic acids is 2. The molecule has 0 N–H and O–H groups in total. The van der Waals surface area contributed by atoms with Crippen LogP contribution in [0.3, 0.4) is 0 Å². The molecule has 2 heterocycles. The maximum absolute atomic E-state index is 12.5. The summed E-state index contributed by atoms with van der Waals surface area (Å²) >= 11 is 0. The molecule has 0 saturated carbocycles. The van der Waals surface area contributed by atoms with Gasteiger partial charge in [0.1, 0.15) is 5.78 Å². The highest BCUT2D eigenvalue weighted by Gasteiger charge is 2.33. The summed E-state index contributed by atoms with van der Waals surface area (Å²) in [6, 6.07) is -0.0692. The van der Waals surface area contributed by atoms with Crippen molar-refractivity contribution in [2.75, 3.05) is 26.2 Å². The molecular weight excluding hydrogens is 240 g/mol. The fraction of sp³-hybridized carbons (Fsp3) is 0.867. The Morgan fingerprint density at radius 1 is 1.26 bits per heavy atom. The van der Waals surface area contributed by atoms with E-state index in [9.17, 15) is 9.59 Å². The van der Waals surface area contributed by atoms with Gasteiger partial charge in [-0.2, -0.15) is 0 Å². The summed E-state index contributed by atoms with van der Waals surface area (Å²) in [5, 5.41) is 0. The number of piperidine rings is 2. The van der Waals surface area contributed by atoms with E-state index in [0.29, 0.717) is 12.2 Å². The smallest absolute Gasteiger partial charge is 0.239 e. The lowest BCUT2D eigenvalue weighted by Crippen LogP contribution is -2.52. The molecule has 2 aliphatic rings. The molecule has 0 radical (unpaired) electrons. The Bertz CT molecular complexity index is 337. The average molecular weight is 266 g/mol. The molecule has 19 heavy (non-hydrogen) atoms. The first kappa shape index (κ1) is 14.5. The molecule has 2 atom stereocenters. The number of Topliss-reactive ketones (excluding diaryl/α,β-unsaturated/α-hetero) is 1. The zero-order valence-electron chi connectivity index (χ0n) is 12.2. The van der Waals surface area contributed by atoms with Crippen molar-refractivity contribution >= 4 is 11.7 Å². The van der Waals surface area contributed by atoms with Gasteiger partial charge in [0.15, 0.2) is 0 Å². The van der Waals surface area contributed by atoms with Gasteiger partial charge in [-0.15, -0.1) is 0 Å². The van der Waals surface area contributed by atoms with Crippen LogP contribution in [0.5, 0.6) is 0 Å². The summed E-state index contributed by atoms with van der Waals surface area (Å²) in [5.41, 5.74) is 0. The van der Waals surface area contributed by atoms with Crippen LogP contribution in [0.2, 0.25) is 0 Å². The summed E-state index contributed by atoms with van der Waals surface area (Å²) in [6.45, 7) is 7.38. The third kappa shape index (κ3) is 3.35. The minimum Gasteiger partial charge on any atom is -0.341 e. The molecule has 0 aromatic rings. The standard InChI is InChI=1S/C15H26N2O2/c1-3-13-11-17(10-7-14(13)18)12(2)15(19)16-8-5-4-6-9-16/h12-13H,3-11H2,1-2H3. The van der Waals surface area contributed by atoms with Gasteiger partial charge in [-0.05, 0) is 32.6 Å². The average Bonchev–Trinajstić information content (AvgIpc) is 2.47. The number of hydrogen-bond acceptors (Lipinski definition) is 3. The maximum Gasteiger partial charge on any atom is 0.239 e. The lowest BCUT2D eigenvalue weighted by Gasteiger charge is -2.38. The van der Waals surface area contributed by atoms with Gasteiger partial charge in [0.25, 0.3) is 0 Å². The van der Waals surface area contributed by atoms with Crippen molar-refractivity contribution in [2.45, 2.75) is 52.0 Å². The minimum absolute atomic E-state index is 0.0692. The van der Waals surface area contributed by atoms with Gasteiger partial charge in [0.2, 0.25) is 5.91 Å². The monoisotopic (exact) mass is 266 g/mol. The van der Waals surface area contributed by atoms with Crippen molar-refractivity contribution < 1.29 is 9.59 Å². The van der Waals surface area contributed by atoms with E-state index in [1.807, 2.05) is 11.8 Å². The topological polar surface area (TPSA) is 40.6 Å². The van der Waals surface area contributed by atoms with Crippen LogP contribution in [-0.4, -0.2) is 53.7 Å². The molecule has 2 aliphatic heterocycles. The van der Waals surface area contributed by atoms with E-state index in [4.69, 9.17) is 0 Å². The van der Waals surface area contributed by atoms with E-state index in [1.54, 1.807) is 0 Å². The maximum atomic E-state index is 12.5. The summed E-state index contributed by atoms with van der Waals surface area (Å²) in [6.07, 6.45) is 5.01. The summed E-state index contributed by atoms with van der Waals surface area (Å²) in [7, 11) is 0. The molecule has 4 heteroatoms. The Kier molecular flexibility index (Phi) is 4.97. The molecule has 4 nitrogen and oxygen atoms in total. The van der Waals surface area contributed by atoms with Crippen LogP contribution < -0.4 is 0 Å². The van der Waals surface area contributed by atoms with Gasteiger partial charge >= 0.3 is 0 Å². The lowest BCUT2D eigenvalue weighted by atomic mass is 9.93. The molecule has 2 fully saturated rings. The van der Waals surface area contributed by atoms with Gasteiger partial charge < -0.3 is 4.90 Å². The Morgan fingerprint density at radius 3 is 2.58 bits per heavy atom. The van der Waals surface area contributed by atoms with Gasteiger partial charge in [-0.25, -0.2) is 0 Å². The van der Waals surface area contributed by atoms with Crippen molar-refractivity contribution in [1.82, 2.24) is 9.80 Å². The fourth-order valence-corrected chi connectivity index (χ4v) is 3.18. The second-order valence-electron chi connectivity index (χ2n) is 5.88. The third-order valence-corrected chi connectivity index (χ3v) is 4.62. The second kappa shape index (κ2) is 6.51. The number of ketones is 1. The molecule has 0 aliphatic carbocycles. The highest BCUT2D eigenvalue weighted by Crippen LogP contribution is 2.20. The second-order valence-corrected chi connectivity index (χ2v) is 5.88. The van der Waals surface area contributed by atoms with Crippen LogP contribution >= 0.6 is 0 Å². The number of rotatable bonds is 3. The van der Waals surface area contributed by atoms with E-state index in [0.717, 1.165) is 45.4 Å². The van der Waals surface area contributed by atoms with E-state index in [-0.39, 0.29) is 17.9 Å². The van der Waals surface area contributed by atoms with Crippen molar-refractivity contribution in [3.8, 4) is 0 Å². The van der Waals surface area contributed by atoms with E-state index >= 15 is 0 Å². The fourth-order valence-electron chi connectivity index (χ4n) is 3.18. The lowest BCUT2D eigenvalue weighted by molar-refractivity contribution is -0.140. The van der Waals surface area contributed by atoms with Crippen LogP contribution in [0.1, 0.15) is 46.0 Å². The van der Waals surface area contributed by atoms with Crippen LogP contribution in [0.4, 0.5) is 0 Å². The number of amides is 1.